The Morgan fingerprint density at radius 2 is 1.65 bits per heavy atom. The van der Waals surface area contributed by atoms with Crippen LogP contribution < -0.4 is 5.73 Å². The molecule has 20 heavy (non-hydrogen) atoms. The van der Waals surface area contributed by atoms with Crippen molar-refractivity contribution in [1.82, 2.24) is 9.80 Å². The molecule has 6 heteroatoms. The van der Waals surface area contributed by atoms with Gasteiger partial charge in [0.2, 0.25) is 0 Å². The van der Waals surface area contributed by atoms with Crippen molar-refractivity contribution in [3.8, 4) is 0 Å². The Morgan fingerprint density at radius 3 is 2.05 bits per heavy atom. The third kappa shape index (κ3) is 2.89. The summed E-state index contributed by atoms with van der Waals surface area (Å²) in [5.41, 5.74) is 5.84. The van der Waals surface area contributed by atoms with Gasteiger partial charge in [0.15, 0.2) is 9.84 Å². The molecule has 2 aliphatic rings. The number of hydrogen-bond acceptors (Lipinski definition) is 5. The third-order valence-electron chi connectivity index (χ3n) is 5.54. The fourth-order valence-electron chi connectivity index (χ4n) is 3.73. The highest BCUT2D eigenvalue weighted by atomic mass is 32.2. The number of hydrogen-bond donors (Lipinski definition) is 1. The first-order valence-electron chi connectivity index (χ1n) is 7.55. The van der Waals surface area contributed by atoms with E-state index in [-0.39, 0.29) is 16.8 Å². The summed E-state index contributed by atoms with van der Waals surface area (Å²) < 4.78 is 24.0. The molecule has 2 N–H and O–H groups in total. The van der Waals surface area contributed by atoms with Crippen LogP contribution in [0.5, 0.6) is 0 Å². The van der Waals surface area contributed by atoms with Crippen LogP contribution >= 0.6 is 0 Å². The van der Waals surface area contributed by atoms with E-state index >= 15 is 0 Å². The highest BCUT2D eigenvalue weighted by Crippen LogP contribution is 2.39. The fourth-order valence-corrected chi connectivity index (χ4v) is 5.76. The Bertz CT molecular complexity index is 445. The van der Waals surface area contributed by atoms with Gasteiger partial charge in [-0.1, -0.05) is 0 Å². The second kappa shape index (κ2) is 5.55. The Labute approximate surface area is 123 Å². The van der Waals surface area contributed by atoms with Crippen LogP contribution in [0, 0.1) is 0 Å². The van der Waals surface area contributed by atoms with Gasteiger partial charge in [0.1, 0.15) is 0 Å². The second-order valence-electron chi connectivity index (χ2n) is 6.95. The van der Waals surface area contributed by atoms with Crippen LogP contribution in [0.1, 0.15) is 32.1 Å². The fraction of sp³-hybridized carbons (Fsp3) is 1.00. The van der Waals surface area contributed by atoms with E-state index < -0.39 is 9.84 Å². The number of rotatable bonds is 5. The molecule has 2 fully saturated rings. The van der Waals surface area contributed by atoms with Gasteiger partial charge in [0.25, 0.3) is 0 Å². The lowest BCUT2D eigenvalue weighted by atomic mass is 9.74. The quantitative estimate of drug-likeness (QED) is 0.792. The Morgan fingerprint density at radius 1 is 1.05 bits per heavy atom. The summed E-state index contributed by atoms with van der Waals surface area (Å²) in [7, 11) is 3.36. The van der Waals surface area contributed by atoms with Gasteiger partial charge in [0.05, 0.1) is 11.5 Å². The first-order chi connectivity index (χ1) is 9.25. The van der Waals surface area contributed by atoms with Crippen LogP contribution in [0.3, 0.4) is 0 Å². The van der Waals surface area contributed by atoms with E-state index in [0.717, 1.165) is 19.4 Å². The highest BCUT2D eigenvalue weighted by Gasteiger charge is 2.46. The average molecular weight is 303 g/mol. The lowest BCUT2D eigenvalue weighted by Crippen LogP contribution is -2.65. The maximum absolute atomic E-state index is 12.0. The van der Waals surface area contributed by atoms with Gasteiger partial charge in [-0.15, -0.1) is 0 Å². The molecule has 0 aromatic rings. The lowest BCUT2D eigenvalue weighted by molar-refractivity contribution is -0.00538. The minimum atomic E-state index is -2.95. The Hall–Kier alpha value is -0.170. The van der Waals surface area contributed by atoms with Crippen molar-refractivity contribution in [2.24, 2.45) is 5.73 Å². The molecule has 1 unspecified atom stereocenters. The predicted octanol–water partition coefficient (Wildman–Crippen LogP) is 0.309. The van der Waals surface area contributed by atoms with Crippen molar-refractivity contribution < 1.29 is 8.42 Å². The van der Waals surface area contributed by atoms with Crippen LogP contribution in [0.25, 0.3) is 0 Å². The van der Waals surface area contributed by atoms with Crippen LogP contribution in [-0.2, 0) is 9.84 Å². The molecule has 2 rings (SSSR count). The Balaban J connectivity index is 2.15. The topological polar surface area (TPSA) is 66.6 Å². The van der Waals surface area contributed by atoms with Crippen molar-refractivity contribution in [3.05, 3.63) is 0 Å². The molecular weight excluding hydrogens is 274 g/mol. The smallest absolute Gasteiger partial charge is 0.152 e. The third-order valence-corrected chi connectivity index (χ3v) is 7.43. The normalized spacial score (nSPS) is 32.3. The molecule has 1 heterocycles. The van der Waals surface area contributed by atoms with E-state index in [1.807, 2.05) is 0 Å². The first kappa shape index (κ1) is 16.2. The summed E-state index contributed by atoms with van der Waals surface area (Å²) in [5.74, 6) is 0.540. The van der Waals surface area contributed by atoms with E-state index in [0.29, 0.717) is 12.3 Å². The molecule has 118 valence electrons. The molecule has 0 aromatic heterocycles. The molecule has 5 nitrogen and oxygen atoms in total. The van der Waals surface area contributed by atoms with Gasteiger partial charge >= 0.3 is 0 Å². The zero-order valence-electron chi connectivity index (χ0n) is 13.1. The van der Waals surface area contributed by atoms with Crippen molar-refractivity contribution in [2.45, 2.75) is 43.2 Å². The minimum Gasteiger partial charge on any atom is -0.329 e. The number of nitrogens with zero attached hydrogens (tertiary/aromatic N) is 2. The summed E-state index contributed by atoms with van der Waals surface area (Å²) >= 11 is 0. The molecule has 1 aliphatic carbocycles. The molecule has 0 amide bonds. The van der Waals surface area contributed by atoms with Gasteiger partial charge in [-0.25, -0.2) is 8.42 Å². The molecule has 0 spiro atoms. The van der Waals surface area contributed by atoms with Crippen molar-refractivity contribution in [1.29, 1.82) is 0 Å². The van der Waals surface area contributed by atoms with Crippen molar-refractivity contribution in [3.63, 3.8) is 0 Å². The van der Waals surface area contributed by atoms with E-state index in [1.54, 1.807) is 0 Å². The van der Waals surface area contributed by atoms with Gasteiger partial charge < -0.3 is 10.6 Å². The maximum atomic E-state index is 12.0. The van der Waals surface area contributed by atoms with Gasteiger partial charge in [-0.05, 0) is 53.2 Å². The van der Waals surface area contributed by atoms with E-state index in [9.17, 15) is 8.42 Å². The standard InChI is InChI=1S/C14H29N3O2S/c1-16(2)13(6-4-7-13)11-17(3)14(10-15)8-5-9-20(18,19)12-14/h4-12,15H2,1-3H3. The summed E-state index contributed by atoms with van der Waals surface area (Å²) in [4.78, 5) is 4.54. The number of likely N-dealkylation sites (N-methyl/N-ethyl adjacent to an activating group) is 2. The molecule has 0 bridgehead atoms. The summed E-state index contributed by atoms with van der Waals surface area (Å²) in [6.07, 6.45) is 5.27. The molecule has 1 saturated carbocycles. The molecule has 0 aromatic carbocycles. The monoisotopic (exact) mass is 303 g/mol. The van der Waals surface area contributed by atoms with E-state index in [1.165, 1.54) is 19.3 Å². The second-order valence-corrected chi connectivity index (χ2v) is 9.14. The molecule has 1 atom stereocenters. The molecule has 1 aliphatic heterocycles. The predicted molar refractivity (Wildman–Crippen MR) is 82.6 cm³/mol. The van der Waals surface area contributed by atoms with Gasteiger partial charge in [-0.3, -0.25) is 4.90 Å². The zero-order valence-corrected chi connectivity index (χ0v) is 13.9. The molecule has 0 radical (unpaired) electrons. The van der Waals surface area contributed by atoms with Crippen molar-refractivity contribution >= 4 is 9.84 Å². The summed E-state index contributed by atoms with van der Waals surface area (Å²) in [6.45, 7) is 1.33. The Kier molecular flexibility index (Phi) is 4.50. The summed E-state index contributed by atoms with van der Waals surface area (Å²) in [6, 6.07) is 0. The first-order valence-corrected chi connectivity index (χ1v) is 9.37. The molecular formula is C14H29N3O2S. The largest absolute Gasteiger partial charge is 0.329 e. The van der Waals surface area contributed by atoms with Crippen LogP contribution in [0.2, 0.25) is 0 Å². The zero-order chi connectivity index (χ0) is 15.0. The summed E-state index contributed by atoms with van der Waals surface area (Å²) in [5, 5.41) is 0. The van der Waals surface area contributed by atoms with Crippen LogP contribution in [0.4, 0.5) is 0 Å². The average Bonchev–Trinajstić information content (AvgIpc) is 2.31. The lowest BCUT2D eigenvalue weighted by Gasteiger charge is -2.53. The van der Waals surface area contributed by atoms with Crippen molar-refractivity contribution in [2.75, 3.05) is 45.7 Å². The number of nitrogens with two attached hydrogens (primary N) is 1. The maximum Gasteiger partial charge on any atom is 0.152 e. The van der Waals surface area contributed by atoms with E-state index in [4.69, 9.17) is 5.73 Å². The number of sulfone groups is 1. The van der Waals surface area contributed by atoms with Gasteiger partial charge in [-0.2, -0.15) is 0 Å². The van der Waals surface area contributed by atoms with Gasteiger partial charge in [0, 0.05) is 24.2 Å². The molecule has 1 saturated heterocycles. The van der Waals surface area contributed by atoms with Crippen LogP contribution in [0.15, 0.2) is 0 Å². The van der Waals surface area contributed by atoms with Crippen LogP contribution in [-0.4, -0.2) is 75.0 Å². The minimum absolute atomic E-state index is 0.206. The highest BCUT2D eigenvalue weighted by molar-refractivity contribution is 7.91. The SMILES string of the molecule is CN(C)C1(CN(C)C2(CN)CCCS(=O)(=O)C2)CCC1. The van der Waals surface area contributed by atoms with E-state index in [2.05, 4.69) is 30.9 Å².